The Bertz CT molecular complexity index is 1530. The first-order valence-electron chi connectivity index (χ1n) is 11.0. The summed E-state index contributed by atoms with van der Waals surface area (Å²) in [6, 6.07) is 11.8. The van der Waals surface area contributed by atoms with Crippen LogP contribution in [0.5, 0.6) is 28.7 Å². The first-order valence-corrected chi connectivity index (χ1v) is 11.0. The van der Waals surface area contributed by atoms with Gasteiger partial charge in [-0.15, -0.1) is 0 Å². The van der Waals surface area contributed by atoms with Crippen molar-refractivity contribution in [2.75, 3.05) is 28.4 Å². The van der Waals surface area contributed by atoms with Crippen molar-refractivity contribution in [3.05, 3.63) is 76.1 Å². The molecule has 0 saturated heterocycles. The third kappa shape index (κ3) is 4.95. The van der Waals surface area contributed by atoms with Gasteiger partial charge in [0.05, 0.1) is 45.0 Å². The fourth-order valence-corrected chi connectivity index (χ4v) is 3.82. The number of alkyl halides is 3. The van der Waals surface area contributed by atoms with Crippen LogP contribution in [0.15, 0.2) is 63.8 Å². The average molecular weight is 530 g/mol. The van der Waals surface area contributed by atoms with Gasteiger partial charge in [-0.05, 0) is 42.0 Å². The highest BCUT2D eigenvalue weighted by Crippen LogP contribution is 2.40. The van der Waals surface area contributed by atoms with Crippen molar-refractivity contribution in [2.24, 2.45) is 0 Å². The number of benzene rings is 3. The van der Waals surface area contributed by atoms with E-state index in [1.165, 1.54) is 77.0 Å². The van der Waals surface area contributed by atoms with E-state index in [9.17, 15) is 22.8 Å². The van der Waals surface area contributed by atoms with E-state index in [4.69, 9.17) is 28.1 Å². The monoisotopic (exact) mass is 530 g/mol. The molecule has 1 aromatic heterocycles. The summed E-state index contributed by atoms with van der Waals surface area (Å²) >= 11 is 0. The summed E-state index contributed by atoms with van der Waals surface area (Å²) in [5, 5.41) is -0.128. The van der Waals surface area contributed by atoms with E-state index in [1.807, 2.05) is 0 Å². The Morgan fingerprint density at radius 2 is 1.39 bits per heavy atom. The lowest BCUT2D eigenvalue weighted by Gasteiger charge is -2.14. The summed E-state index contributed by atoms with van der Waals surface area (Å²) in [5.74, 6) is -1.43. The van der Waals surface area contributed by atoms with Gasteiger partial charge in [-0.3, -0.25) is 4.79 Å². The van der Waals surface area contributed by atoms with Crippen LogP contribution in [0.1, 0.15) is 16.1 Å². The Labute approximate surface area is 214 Å². The molecule has 0 aliphatic carbocycles. The molecular weight excluding hydrogens is 509 g/mol. The average Bonchev–Trinajstić information content (AvgIpc) is 2.91. The molecule has 198 valence electrons. The second-order valence-corrected chi connectivity index (χ2v) is 7.82. The maximum Gasteiger partial charge on any atom is 0.450 e. The SMILES string of the molecule is COc1ccc(-c2c(C(F)(F)F)oc3cc(OC(=O)c4cc(OC)c(OC)c(OC)c4)ccc3c2=O)cc1. The molecule has 0 spiro atoms. The topological polar surface area (TPSA) is 93.4 Å². The molecule has 0 amide bonds. The zero-order chi connectivity index (χ0) is 27.6. The molecule has 0 radical (unpaired) electrons. The van der Waals surface area contributed by atoms with Gasteiger partial charge in [0.15, 0.2) is 11.5 Å². The van der Waals surface area contributed by atoms with Crippen LogP contribution in [0, 0.1) is 0 Å². The number of halogens is 3. The Morgan fingerprint density at radius 1 is 0.789 bits per heavy atom. The van der Waals surface area contributed by atoms with Crippen LogP contribution in [0.3, 0.4) is 0 Å². The maximum absolute atomic E-state index is 13.9. The summed E-state index contributed by atoms with van der Waals surface area (Å²) in [5.41, 5.74) is -1.92. The summed E-state index contributed by atoms with van der Waals surface area (Å²) in [4.78, 5) is 26.0. The molecule has 8 nitrogen and oxygen atoms in total. The zero-order valence-electron chi connectivity index (χ0n) is 20.6. The van der Waals surface area contributed by atoms with E-state index < -0.39 is 34.5 Å². The molecule has 0 unspecified atom stereocenters. The predicted molar refractivity (Wildman–Crippen MR) is 131 cm³/mol. The molecule has 38 heavy (non-hydrogen) atoms. The smallest absolute Gasteiger partial charge is 0.450 e. The second kappa shape index (κ2) is 10.4. The van der Waals surface area contributed by atoms with Crippen LogP contribution in [-0.4, -0.2) is 34.4 Å². The molecule has 3 aromatic carbocycles. The van der Waals surface area contributed by atoms with Gasteiger partial charge < -0.3 is 28.1 Å². The molecule has 0 fully saturated rings. The number of ether oxygens (including phenoxy) is 5. The normalized spacial score (nSPS) is 11.2. The lowest BCUT2D eigenvalue weighted by Crippen LogP contribution is -2.16. The number of methoxy groups -OCH3 is 4. The van der Waals surface area contributed by atoms with Crippen LogP contribution < -0.4 is 29.1 Å². The number of carbonyl (C=O) groups excluding carboxylic acids is 1. The van der Waals surface area contributed by atoms with Crippen molar-refractivity contribution in [1.82, 2.24) is 0 Å². The summed E-state index contributed by atoms with van der Waals surface area (Å²) in [6.45, 7) is 0. The third-order valence-corrected chi connectivity index (χ3v) is 5.61. The lowest BCUT2D eigenvalue weighted by atomic mass is 10.0. The van der Waals surface area contributed by atoms with Gasteiger partial charge in [-0.1, -0.05) is 12.1 Å². The Kier molecular flexibility index (Phi) is 7.20. The molecule has 1 heterocycles. The largest absolute Gasteiger partial charge is 0.497 e. The number of esters is 1. The van der Waals surface area contributed by atoms with Crippen molar-refractivity contribution < 1.29 is 46.1 Å². The Balaban J connectivity index is 1.77. The summed E-state index contributed by atoms with van der Waals surface area (Å²) in [6.07, 6.45) is -4.98. The minimum atomic E-state index is -4.98. The minimum absolute atomic E-state index is 0.00618. The summed E-state index contributed by atoms with van der Waals surface area (Å²) in [7, 11) is 5.55. The molecule has 0 N–H and O–H groups in total. The molecular formula is C27H21F3O8. The van der Waals surface area contributed by atoms with Crippen LogP contribution in [0.2, 0.25) is 0 Å². The van der Waals surface area contributed by atoms with Crippen molar-refractivity contribution in [3.8, 4) is 39.9 Å². The van der Waals surface area contributed by atoms with Crippen LogP contribution >= 0.6 is 0 Å². The first-order chi connectivity index (χ1) is 18.1. The predicted octanol–water partition coefficient (Wildman–Crippen LogP) is 5.73. The standard InChI is InChI=1S/C27H21F3O8/c1-33-16-7-5-14(6-8-16)22-23(31)18-10-9-17(13-19(18)38-25(22)27(28,29)30)37-26(32)15-11-20(34-2)24(36-4)21(12-15)35-3/h5-13H,1-4H3. The van der Waals surface area contributed by atoms with Crippen molar-refractivity contribution >= 4 is 16.9 Å². The molecule has 0 saturated carbocycles. The highest BCUT2D eigenvalue weighted by Gasteiger charge is 2.39. The molecule has 0 aliphatic rings. The fourth-order valence-electron chi connectivity index (χ4n) is 3.82. The molecule has 11 heteroatoms. The highest BCUT2D eigenvalue weighted by atomic mass is 19.4. The van der Waals surface area contributed by atoms with Crippen LogP contribution in [0.4, 0.5) is 13.2 Å². The van der Waals surface area contributed by atoms with E-state index in [-0.39, 0.29) is 39.5 Å². The molecule has 0 atom stereocenters. The Morgan fingerprint density at radius 3 is 1.92 bits per heavy atom. The summed E-state index contributed by atoms with van der Waals surface area (Å²) < 4.78 is 73.0. The van der Waals surface area contributed by atoms with E-state index in [0.717, 1.165) is 6.07 Å². The fraction of sp³-hybridized carbons (Fsp3) is 0.185. The molecule has 0 aliphatic heterocycles. The van der Waals surface area contributed by atoms with Crippen LogP contribution in [0.25, 0.3) is 22.1 Å². The zero-order valence-corrected chi connectivity index (χ0v) is 20.6. The van der Waals surface area contributed by atoms with E-state index >= 15 is 0 Å². The van der Waals surface area contributed by atoms with Gasteiger partial charge in [0.1, 0.15) is 17.1 Å². The van der Waals surface area contributed by atoms with Crippen LogP contribution in [-0.2, 0) is 6.18 Å². The van der Waals surface area contributed by atoms with E-state index in [1.54, 1.807) is 0 Å². The number of hydrogen-bond donors (Lipinski definition) is 0. The van der Waals surface area contributed by atoms with Crippen molar-refractivity contribution in [1.29, 1.82) is 0 Å². The minimum Gasteiger partial charge on any atom is -0.497 e. The Hall–Kier alpha value is -4.67. The maximum atomic E-state index is 13.9. The first kappa shape index (κ1) is 26.4. The van der Waals surface area contributed by atoms with E-state index in [2.05, 4.69) is 0 Å². The highest BCUT2D eigenvalue weighted by molar-refractivity contribution is 5.93. The lowest BCUT2D eigenvalue weighted by molar-refractivity contribution is -0.152. The third-order valence-electron chi connectivity index (χ3n) is 5.61. The number of hydrogen-bond acceptors (Lipinski definition) is 8. The van der Waals surface area contributed by atoms with Crippen molar-refractivity contribution in [3.63, 3.8) is 0 Å². The van der Waals surface area contributed by atoms with Gasteiger partial charge >= 0.3 is 12.1 Å². The van der Waals surface area contributed by atoms with Gasteiger partial charge in [-0.2, -0.15) is 13.2 Å². The van der Waals surface area contributed by atoms with Gasteiger partial charge in [0, 0.05) is 6.07 Å². The van der Waals surface area contributed by atoms with Gasteiger partial charge in [0.25, 0.3) is 0 Å². The molecule has 4 rings (SSSR count). The van der Waals surface area contributed by atoms with Crippen molar-refractivity contribution in [2.45, 2.75) is 6.18 Å². The van der Waals surface area contributed by atoms with Gasteiger partial charge in [0.2, 0.25) is 16.9 Å². The number of fused-ring (bicyclic) bond motifs is 1. The second-order valence-electron chi connectivity index (χ2n) is 7.82. The van der Waals surface area contributed by atoms with E-state index in [0.29, 0.717) is 5.75 Å². The quantitative estimate of drug-likeness (QED) is 0.221. The number of rotatable bonds is 7. The molecule has 4 aromatic rings. The molecule has 0 bridgehead atoms. The number of carbonyl (C=O) groups is 1. The van der Waals surface area contributed by atoms with Gasteiger partial charge in [-0.25, -0.2) is 4.79 Å².